The molecule has 0 aliphatic heterocycles. The second-order valence-electron chi connectivity index (χ2n) is 17.7. The molecule has 0 aliphatic carbocycles. The van der Waals surface area contributed by atoms with Crippen LogP contribution >= 0.6 is 0 Å². The molecule has 384 valence electrons. The van der Waals surface area contributed by atoms with E-state index in [0.29, 0.717) is 19.3 Å². The van der Waals surface area contributed by atoms with Crippen LogP contribution in [-0.2, 0) is 28.6 Å². The molecule has 0 aliphatic rings. The van der Waals surface area contributed by atoms with Crippen LogP contribution < -0.4 is 0 Å². The van der Waals surface area contributed by atoms with Crippen molar-refractivity contribution in [3.05, 3.63) is 122 Å². The molecule has 0 bridgehead atoms. The van der Waals surface area contributed by atoms with Crippen molar-refractivity contribution in [2.45, 2.75) is 239 Å². The highest BCUT2D eigenvalue weighted by molar-refractivity contribution is 5.71. The lowest BCUT2D eigenvalue weighted by atomic mass is 10.1. The number of hydrogen-bond donors (Lipinski definition) is 0. The van der Waals surface area contributed by atoms with Gasteiger partial charge in [-0.15, -0.1) is 0 Å². The third-order valence-corrected chi connectivity index (χ3v) is 11.2. The summed E-state index contributed by atoms with van der Waals surface area (Å²) in [5, 5.41) is 0. The lowest BCUT2D eigenvalue weighted by Crippen LogP contribution is -2.30. The topological polar surface area (TPSA) is 78.9 Å². The van der Waals surface area contributed by atoms with Gasteiger partial charge in [-0.1, -0.05) is 239 Å². The number of rotatable bonds is 48. The molecule has 0 fully saturated rings. The summed E-state index contributed by atoms with van der Waals surface area (Å²) in [4.78, 5) is 37.9. The van der Waals surface area contributed by atoms with Crippen LogP contribution in [0, 0.1) is 0 Å². The molecule has 0 heterocycles. The van der Waals surface area contributed by atoms with E-state index in [2.05, 4.69) is 130 Å². The maximum Gasteiger partial charge on any atom is 0.306 e. The first kappa shape index (κ1) is 63.8. The van der Waals surface area contributed by atoms with E-state index < -0.39 is 12.1 Å². The zero-order valence-electron chi connectivity index (χ0n) is 43.8. The fourth-order valence-electron chi connectivity index (χ4n) is 7.16. The van der Waals surface area contributed by atoms with Crippen LogP contribution in [0.25, 0.3) is 0 Å². The number of ether oxygens (including phenoxy) is 3. The van der Waals surface area contributed by atoms with Crippen LogP contribution in [0.3, 0.4) is 0 Å². The Morgan fingerprint density at radius 2 is 0.603 bits per heavy atom. The summed E-state index contributed by atoms with van der Waals surface area (Å²) in [6.45, 7) is 6.31. The van der Waals surface area contributed by atoms with E-state index in [0.717, 1.165) is 109 Å². The van der Waals surface area contributed by atoms with Crippen molar-refractivity contribution >= 4 is 17.9 Å². The Morgan fingerprint density at radius 1 is 0.309 bits per heavy atom. The Kier molecular flexibility index (Phi) is 52.0. The monoisotopic (exact) mass is 941 g/mol. The molecule has 6 heteroatoms. The van der Waals surface area contributed by atoms with Crippen LogP contribution in [0.15, 0.2) is 122 Å². The third-order valence-electron chi connectivity index (χ3n) is 11.2. The largest absolute Gasteiger partial charge is 0.462 e. The summed E-state index contributed by atoms with van der Waals surface area (Å²) in [6, 6.07) is 0. The summed E-state index contributed by atoms with van der Waals surface area (Å²) in [6.07, 6.45) is 76.4. The minimum Gasteiger partial charge on any atom is -0.462 e. The van der Waals surface area contributed by atoms with E-state index in [9.17, 15) is 14.4 Å². The van der Waals surface area contributed by atoms with E-state index in [4.69, 9.17) is 14.2 Å². The van der Waals surface area contributed by atoms with Crippen molar-refractivity contribution in [2.24, 2.45) is 0 Å². The van der Waals surface area contributed by atoms with E-state index >= 15 is 0 Å². The van der Waals surface area contributed by atoms with E-state index in [1.165, 1.54) is 77.0 Å². The fourth-order valence-corrected chi connectivity index (χ4v) is 7.16. The highest BCUT2D eigenvalue weighted by atomic mass is 16.6. The Morgan fingerprint density at radius 3 is 0.956 bits per heavy atom. The van der Waals surface area contributed by atoms with Gasteiger partial charge in [0, 0.05) is 19.3 Å². The number of carbonyl (C=O) groups is 3. The first-order valence-corrected chi connectivity index (χ1v) is 27.5. The van der Waals surface area contributed by atoms with Crippen molar-refractivity contribution in [3.63, 3.8) is 0 Å². The molecule has 0 saturated carbocycles. The highest BCUT2D eigenvalue weighted by Crippen LogP contribution is 2.14. The van der Waals surface area contributed by atoms with Gasteiger partial charge in [0.25, 0.3) is 0 Å². The average Bonchev–Trinajstić information content (AvgIpc) is 3.34. The molecule has 0 radical (unpaired) electrons. The molecule has 1 atom stereocenters. The summed E-state index contributed by atoms with van der Waals surface area (Å²) >= 11 is 0. The molecule has 68 heavy (non-hydrogen) atoms. The van der Waals surface area contributed by atoms with E-state index in [1.54, 1.807) is 0 Å². The summed E-state index contributed by atoms with van der Waals surface area (Å²) < 4.78 is 16.7. The molecule has 0 N–H and O–H groups in total. The fraction of sp³-hybridized carbons (Fsp3) is 0.629. The molecule has 0 aromatic carbocycles. The van der Waals surface area contributed by atoms with Gasteiger partial charge < -0.3 is 14.2 Å². The number of unbranched alkanes of at least 4 members (excludes halogenated alkanes) is 17. The van der Waals surface area contributed by atoms with E-state index in [-0.39, 0.29) is 31.6 Å². The predicted octanol–water partition coefficient (Wildman–Crippen LogP) is 18.5. The van der Waals surface area contributed by atoms with Crippen molar-refractivity contribution < 1.29 is 28.6 Å². The molecule has 0 amide bonds. The smallest absolute Gasteiger partial charge is 0.306 e. The molecule has 0 rings (SSSR count). The SMILES string of the molecule is CC/C=C\C/C=C\C/C=C\C/C=C\C/C=C\C/C=C\CCCCCCCCCCC(=O)OCC(COC(=O)CCCCCCCCCCCC)OC(=O)CC/C=C\C/C=C\C/C=C\C/C=C\CC. The second kappa shape index (κ2) is 55.4. The van der Waals surface area contributed by atoms with E-state index in [1.807, 2.05) is 12.2 Å². The molecule has 0 aromatic heterocycles. The molecule has 0 spiro atoms. The molecule has 0 aromatic rings. The minimum absolute atomic E-state index is 0.110. The van der Waals surface area contributed by atoms with Crippen molar-refractivity contribution in [2.75, 3.05) is 13.2 Å². The lowest BCUT2D eigenvalue weighted by molar-refractivity contribution is -0.166. The van der Waals surface area contributed by atoms with Crippen molar-refractivity contribution in [3.8, 4) is 0 Å². The second-order valence-corrected chi connectivity index (χ2v) is 17.7. The molecular formula is C62H100O6. The van der Waals surface area contributed by atoms with Gasteiger partial charge in [-0.05, 0) is 96.3 Å². The Balaban J connectivity index is 4.32. The lowest BCUT2D eigenvalue weighted by Gasteiger charge is -2.18. The van der Waals surface area contributed by atoms with Crippen molar-refractivity contribution in [1.29, 1.82) is 0 Å². The zero-order valence-corrected chi connectivity index (χ0v) is 43.8. The quantitative estimate of drug-likeness (QED) is 0.0262. The van der Waals surface area contributed by atoms with Crippen molar-refractivity contribution in [1.82, 2.24) is 0 Å². The van der Waals surface area contributed by atoms with Gasteiger partial charge in [-0.25, -0.2) is 0 Å². The van der Waals surface area contributed by atoms with Gasteiger partial charge in [0.15, 0.2) is 6.10 Å². The molecular weight excluding hydrogens is 841 g/mol. The highest BCUT2D eigenvalue weighted by Gasteiger charge is 2.19. The van der Waals surface area contributed by atoms with Crippen LogP contribution in [0.5, 0.6) is 0 Å². The Labute approximate surface area is 418 Å². The van der Waals surface area contributed by atoms with Gasteiger partial charge in [-0.3, -0.25) is 14.4 Å². The maximum atomic E-state index is 12.7. The minimum atomic E-state index is -0.820. The third kappa shape index (κ3) is 52.8. The van der Waals surface area contributed by atoms with Gasteiger partial charge in [-0.2, -0.15) is 0 Å². The Hall–Kier alpha value is -4.19. The van der Waals surface area contributed by atoms with Gasteiger partial charge >= 0.3 is 17.9 Å². The summed E-state index contributed by atoms with van der Waals surface area (Å²) in [5.41, 5.74) is 0. The zero-order chi connectivity index (χ0) is 49.3. The predicted molar refractivity (Wildman–Crippen MR) is 293 cm³/mol. The first-order chi connectivity index (χ1) is 33.5. The van der Waals surface area contributed by atoms with Crippen LogP contribution in [0.1, 0.15) is 233 Å². The average molecular weight is 941 g/mol. The number of carbonyl (C=O) groups excluding carboxylic acids is 3. The maximum absolute atomic E-state index is 12.7. The van der Waals surface area contributed by atoms with Gasteiger partial charge in [0.1, 0.15) is 13.2 Å². The van der Waals surface area contributed by atoms with Gasteiger partial charge in [0.05, 0.1) is 0 Å². The van der Waals surface area contributed by atoms with Crippen LogP contribution in [-0.4, -0.2) is 37.2 Å². The molecule has 0 saturated heterocycles. The number of esters is 3. The number of hydrogen-bond acceptors (Lipinski definition) is 6. The summed E-state index contributed by atoms with van der Waals surface area (Å²) in [5.74, 6) is -1.01. The number of allylic oxidation sites excluding steroid dienone is 20. The standard InChI is InChI=1S/C62H100O6/c1-4-7-10-13-16-19-22-24-25-26-27-28-29-30-31-32-33-34-35-36-37-39-40-43-46-49-52-55-61(64)67-58-59(57-66-60(63)54-51-48-45-42-21-18-15-12-9-6-3)68-62(65)56-53-50-47-44-41-38-23-20-17-14-11-8-5-2/h7-8,10-11,16-17,19-20,24-25,27-28,30-31,33-34,38,41,47,50,59H,4-6,9,12-15,18,21-23,26,29,32,35-37,39-40,42-46,48-49,51-58H2,1-3H3/b10-7-,11-8-,19-16-,20-17-,25-24-,28-27-,31-30-,34-33-,41-38-,50-47-. The molecule has 1 unspecified atom stereocenters. The summed E-state index contributed by atoms with van der Waals surface area (Å²) in [7, 11) is 0. The normalized spacial score (nSPS) is 13.0. The first-order valence-electron chi connectivity index (χ1n) is 27.5. The Bertz CT molecular complexity index is 1450. The molecule has 6 nitrogen and oxygen atoms in total. The van der Waals surface area contributed by atoms with Gasteiger partial charge in [0.2, 0.25) is 0 Å². The van der Waals surface area contributed by atoms with Crippen LogP contribution in [0.4, 0.5) is 0 Å². The van der Waals surface area contributed by atoms with Crippen LogP contribution in [0.2, 0.25) is 0 Å².